The fourth-order valence-electron chi connectivity index (χ4n) is 4.27. The van der Waals surface area contributed by atoms with E-state index in [0.717, 1.165) is 11.1 Å². The van der Waals surface area contributed by atoms with Gasteiger partial charge in [0.05, 0.1) is 23.5 Å². The lowest BCUT2D eigenvalue weighted by Crippen LogP contribution is -2.51. The molecule has 3 aromatic rings. The number of rotatable bonds is 4. The number of carbonyl (C=O) groups is 1. The van der Waals surface area contributed by atoms with Gasteiger partial charge in [0.2, 0.25) is 5.88 Å². The van der Waals surface area contributed by atoms with Crippen LogP contribution in [-0.4, -0.2) is 41.2 Å². The smallest absolute Gasteiger partial charge is 0.393 e. The lowest BCUT2D eigenvalue weighted by Gasteiger charge is -2.39. The normalized spacial score (nSPS) is 20.2. The van der Waals surface area contributed by atoms with Crippen LogP contribution in [0.3, 0.4) is 0 Å². The number of alkyl halides is 3. The summed E-state index contributed by atoms with van der Waals surface area (Å²) >= 11 is 0. The van der Waals surface area contributed by atoms with E-state index in [1.165, 1.54) is 17.3 Å². The van der Waals surface area contributed by atoms with E-state index in [4.69, 9.17) is 15.9 Å². The summed E-state index contributed by atoms with van der Waals surface area (Å²) in [5, 5.41) is 2.70. The van der Waals surface area contributed by atoms with E-state index < -0.39 is 24.0 Å². The second kappa shape index (κ2) is 8.17. The lowest BCUT2D eigenvalue weighted by atomic mass is 9.93. The third-order valence-corrected chi connectivity index (χ3v) is 6.00. The Morgan fingerprint density at radius 2 is 2.06 bits per heavy atom. The Balaban J connectivity index is 1.43. The van der Waals surface area contributed by atoms with E-state index >= 15 is 0 Å². The number of nitrogens with two attached hydrogens (primary N) is 2. The van der Waals surface area contributed by atoms with Gasteiger partial charge in [-0.25, -0.2) is 0 Å². The zero-order chi connectivity index (χ0) is 24.0. The molecular formula is C23H21F3N6O2. The number of hydrogen-bond acceptors (Lipinski definition) is 7. The van der Waals surface area contributed by atoms with Crippen molar-refractivity contribution in [2.75, 3.05) is 29.0 Å². The minimum Gasteiger partial charge on any atom is -0.438 e. The molecule has 1 aliphatic carbocycles. The van der Waals surface area contributed by atoms with Crippen LogP contribution >= 0.6 is 0 Å². The third-order valence-electron chi connectivity index (χ3n) is 6.00. The summed E-state index contributed by atoms with van der Waals surface area (Å²) < 4.78 is 45.7. The summed E-state index contributed by atoms with van der Waals surface area (Å²) in [5.74, 6) is -2.29. The van der Waals surface area contributed by atoms with E-state index in [1.807, 2.05) is 18.2 Å². The number of fused-ring (bicyclic) bond motifs is 1. The van der Waals surface area contributed by atoms with Gasteiger partial charge in [-0.3, -0.25) is 14.8 Å². The third kappa shape index (κ3) is 3.98. The van der Waals surface area contributed by atoms with Gasteiger partial charge in [-0.15, -0.1) is 0 Å². The highest BCUT2D eigenvalue weighted by Gasteiger charge is 2.44. The summed E-state index contributed by atoms with van der Waals surface area (Å²) in [7, 11) is 0. The zero-order valence-electron chi connectivity index (χ0n) is 17.8. The molecular weight excluding hydrogens is 449 g/mol. The second-order valence-electron chi connectivity index (χ2n) is 8.38. The molecule has 1 saturated heterocycles. The quantitative estimate of drug-likeness (QED) is 0.531. The van der Waals surface area contributed by atoms with Crippen molar-refractivity contribution in [3.8, 4) is 0 Å². The molecule has 3 aromatic heterocycles. The summed E-state index contributed by atoms with van der Waals surface area (Å²) in [6.07, 6.45) is 5.65. The molecule has 0 bridgehead atoms. The van der Waals surface area contributed by atoms with Crippen LogP contribution in [0.2, 0.25) is 0 Å². The first-order valence-electron chi connectivity index (χ1n) is 10.6. The van der Waals surface area contributed by atoms with Crippen LogP contribution in [0, 0.1) is 5.92 Å². The Kier molecular flexibility index (Phi) is 5.28. The highest BCUT2D eigenvalue weighted by atomic mass is 19.4. The van der Waals surface area contributed by atoms with Gasteiger partial charge in [-0.1, -0.05) is 18.2 Å². The molecule has 1 fully saturated rings. The fraction of sp³-hybridized carbons (Fsp3) is 0.261. The van der Waals surface area contributed by atoms with Crippen LogP contribution in [0.15, 0.2) is 53.4 Å². The number of amides is 1. The summed E-state index contributed by atoms with van der Waals surface area (Å²) in [6, 6.07) is 2.62. The maximum absolute atomic E-state index is 13.4. The van der Waals surface area contributed by atoms with Gasteiger partial charge in [0.1, 0.15) is 11.1 Å². The molecule has 5 N–H and O–H groups in total. The van der Waals surface area contributed by atoms with Gasteiger partial charge in [-0.2, -0.15) is 13.2 Å². The number of halogens is 3. The number of hydrogen-bond donors (Lipinski definition) is 3. The number of anilines is 3. The van der Waals surface area contributed by atoms with Gasteiger partial charge in [0.25, 0.3) is 5.91 Å². The van der Waals surface area contributed by atoms with Crippen molar-refractivity contribution < 1.29 is 22.4 Å². The molecule has 4 heterocycles. The molecule has 176 valence electrons. The molecule has 0 spiro atoms. The van der Waals surface area contributed by atoms with E-state index in [-0.39, 0.29) is 42.2 Å². The molecule has 34 heavy (non-hydrogen) atoms. The van der Waals surface area contributed by atoms with Crippen molar-refractivity contribution in [3.63, 3.8) is 0 Å². The van der Waals surface area contributed by atoms with Crippen LogP contribution in [0.1, 0.15) is 22.3 Å². The van der Waals surface area contributed by atoms with Gasteiger partial charge in [0.15, 0.2) is 5.58 Å². The lowest BCUT2D eigenvalue weighted by molar-refractivity contribution is -0.177. The Hall–Kier alpha value is -3.86. The maximum atomic E-state index is 13.4. The molecule has 0 saturated carbocycles. The van der Waals surface area contributed by atoms with Gasteiger partial charge >= 0.3 is 6.18 Å². The largest absolute Gasteiger partial charge is 0.438 e. The van der Waals surface area contributed by atoms with Crippen LogP contribution in [0.4, 0.5) is 30.4 Å². The maximum Gasteiger partial charge on any atom is 0.393 e. The zero-order valence-corrected chi connectivity index (χ0v) is 17.8. The van der Waals surface area contributed by atoms with Crippen molar-refractivity contribution >= 4 is 39.8 Å². The molecule has 5 rings (SSSR count). The van der Waals surface area contributed by atoms with Crippen molar-refractivity contribution in [2.45, 2.75) is 18.6 Å². The second-order valence-corrected chi connectivity index (χ2v) is 8.38. The summed E-state index contributed by atoms with van der Waals surface area (Å²) in [6.45, 7) is -0.0552. The number of nitrogens with one attached hydrogen (secondary N) is 1. The number of pyridine rings is 2. The Morgan fingerprint density at radius 3 is 2.76 bits per heavy atom. The van der Waals surface area contributed by atoms with Gasteiger partial charge in [-0.05, 0) is 24.1 Å². The molecule has 11 heteroatoms. The minimum absolute atomic E-state index is 0.0398. The van der Waals surface area contributed by atoms with Gasteiger partial charge in [0, 0.05) is 37.1 Å². The van der Waals surface area contributed by atoms with E-state index in [1.54, 1.807) is 18.3 Å². The van der Waals surface area contributed by atoms with Crippen LogP contribution in [-0.2, 0) is 0 Å². The topological polar surface area (TPSA) is 123 Å². The number of furan rings is 1. The minimum atomic E-state index is -4.37. The first-order valence-corrected chi connectivity index (χ1v) is 10.6. The van der Waals surface area contributed by atoms with Crippen molar-refractivity contribution in [3.05, 3.63) is 60.1 Å². The molecule has 2 atom stereocenters. The van der Waals surface area contributed by atoms with E-state index in [0.29, 0.717) is 11.3 Å². The molecule has 1 aliphatic heterocycles. The van der Waals surface area contributed by atoms with Crippen molar-refractivity contribution in [2.24, 2.45) is 11.7 Å². The van der Waals surface area contributed by atoms with E-state index in [9.17, 15) is 18.0 Å². The highest BCUT2D eigenvalue weighted by molar-refractivity contribution is 6.15. The molecule has 2 unspecified atom stereocenters. The molecule has 0 aromatic carbocycles. The average molecular weight is 470 g/mol. The Bertz CT molecular complexity index is 1330. The molecule has 1 amide bonds. The van der Waals surface area contributed by atoms with Crippen LogP contribution in [0.5, 0.6) is 0 Å². The first kappa shape index (κ1) is 22.0. The SMILES string of the molecule is Nc1oc2cc(C3=CC=C3)cnc2c1C(=O)Nc1cnccc1N1CC(N)CC(C(F)(F)F)C1. The Morgan fingerprint density at radius 1 is 1.26 bits per heavy atom. The number of nitrogens with zero attached hydrogens (tertiary/aromatic N) is 3. The van der Waals surface area contributed by atoms with Crippen LogP contribution in [0.25, 0.3) is 16.7 Å². The Labute approximate surface area is 192 Å². The first-order chi connectivity index (χ1) is 16.2. The van der Waals surface area contributed by atoms with Gasteiger partial charge < -0.3 is 26.1 Å². The number of carbonyl (C=O) groups excluding carboxylic acids is 1. The predicted molar refractivity (Wildman–Crippen MR) is 122 cm³/mol. The molecule has 0 radical (unpaired) electrons. The number of aromatic nitrogens is 2. The standard InChI is InChI=1S/C23H21F3N6O2/c24-23(25,26)14-7-15(27)11-32(10-14)17-4-5-29-9-16(17)31-22(33)19-20-18(34-21(19)28)6-13(8-30-20)12-2-1-3-12/h1-6,8-9,14-15H,7,10-11,27-28H2,(H,31,33). The number of allylic oxidation sites excluding steroid dienone is 4. The fourth-order valence-corrected chi connectivity index (χ4v) is 4.27. The summed E-state index contributed by atoms with van der Waals surface area (Å²) in [5.41, 5.74) is 15.0. The molecule has 8 nitrogen and oxygen atoms in total. The van der Waals surface area contributed by atoms with Crippen molar-refractivity contribution in [1.82, 2.24) is 9.97 Å². The molecule has 2 aliphatic rings. The summed E-state index contributed by atoms with van der Waals surface area (Å²) in [4.78, 5) is 23.0. The average Bonchev–Trinajstić information content (AvgIpc) is 3.07. The number of nitrogen functional groups attached to an aromatic ring is 1. The number of piperidine rings is 1. The van der Waals surface area contributed by atoms with E-state index in [2.05, 4.69) is 15.3 Å². The monoisotopic (exact) mass is 470 g/mol. The highest BCUT2D eigenvalue weighted by Crippen LogP contribution is 2.37. The predicted octanol–water partition coefficient (Wildman–Crippen LogP) is 3.73. The van der Waals surface area contributed by atoms with Crippen LogP contribution < -0.4 is 21.7 Å². The van der Waals surface area contributed by atoms with Crippen molar-refractivity contribution in [1.29, 1.82) is 0 Å².